The Morgan fingerprint density at radius 3 is 2.75 bits per heavy atom. The van der Waals surface area contributed by atoms with Crippen molar-refractivity contribution in [2.75, 3.05) is 6.54 Å². The molecule has 16 heavy (non-hydrogen) atoms. The van der Waals surface area contributed by atoms with Gasteiger partial charge in [-0.25, -0.2) is 0 Å². The van der Waals surface area contributed by atoms with Crippen molar-refractivity contribution in [3.63, 3.8) is 0 Å². The first-order valence-corrected chi connectivity index (χ1v) is 6.02. The Morgan fingerprint density at radius 2 is 2.19 bits per heavy atom. The summed E-state index contributed by atoms with van der Waals surface area (Å²) < 4.78 is 5.71. The molecule has 0 aromatic heterocycles. The molecule has 0 aromatic rings. The van der Waals surface area contributed by atoms with E-state index in [0.717, 1.165) is 32.2 Å². The molecule has 3 aliphatic heterocycles. The summed E-state index contributed by atoms with van der Waals surface area (Å²) in [7, 11) is 0. The van der Waals surface area contributed by atoms with Crippen molar-refractivity contribution in [1.82, 2.24) is 10.6 Å². The summed E-state index contributed by atoms with van der Waals surface area (Å²) in [4.78, 5) is 11.8. The summed E-state index contributed by atoms with van der Waals surface area (Å²) in [6.07, 6.45) is 6.12. The van der Waals surface area contributed by atoms with Crippen LogP contribution in [0.3, 0.4) is 0 Å². The largest absolute Gasteiger partial charge is 0.373 e. The molecule has 3 rings (SSSR count). The number of carbonyl (C=O) groups excluding carboxylic acids is 1. The first kappa shape index (κ1) is 12.1. The van der Waals surface area contributed by atoms with Gasteiger partial charge in [-0.15, -0.1) is 12.4 Å². The van der Waals surface area contributed by atoms with Gasteiger partial charge in [0.15, 0.2) is 0 Å². The van der Waals surface area contributed by atoms with Gasteiger partial charge in [-0.2, -0.15) is 0 Å². The highest BCUT2D eigenvalue weighted by Crippen LogP contribution is 2.34. The van der Waals surface area contributed by atoms with Crippen LogP contribution < -0.4 is 10.6 Å². The van der Waals surface area contributed by atoms with E-state index in [1.807, 2.05) is 0 Å². The number of hydrogen-bond donors (Lipinski definition) is 2. The summed E-state index contributed by atoms with van der Waals surface area (Å²) in [5.41, 5.74) is 0. The summed E-state index contributed by atoms with van der Waals surface area (Å²) in [5, 5.41) is 6.35. The highest BCUT2D eigenvalue weighted by molar-refractivity contribution is 5.85. The van der Waals surface area contributed by atoms with Crippen molar-refractivity contribution >= 4 is 18.3 Å². The quantitative estimate of drug-likeness (QED) is 0.750. The molecule has 5 heteroatoms. The molecule has 1 amide bonds. The standard InChI is InChI=1S/C11H18N2O2.ClH/c14-11(8-2-1-5-12-8)13-9-6-7-3-4-10(9)15-7;/h7-10,12H,1-6H2,(H,13,14);1H/t7-,8+,9-,10+;/m1./s1. The molecular formula is C11H19ClN2O2. The zero-order valence-corrected chi connectivity index (χ0v) is 10.1. The molecule has 0 aromatic carbocycles. The summed E-state index contributed by atoms with van der Waals surface area (Å²) in [6.45, 7) is 0.977. The molecule has 4 nitrogen and oxygen atoms in total. The van der Waals surface area contributed by atoms with Crippen LogP contribution in [0.25, 0.3) is 0 Å². The lowest BCUT2D eigenvalue weighted by molar-refractivity contribution is -0.123. The van der Waals surface area contributed by atoms with E-state index < -0.39 is 0 Å². The fourth-order valence-electron chi connectivity index (χ4n) is 2.98. The van der Waals surface area contributed by atoms with Crippen molar-refractivity contribution < 1.29 is 9.53 Å². The molecule has 0 radical (unpaired) electrons. The predicted molar refractivity (Wildman–Crippen MR) is 62.7 cm³/mol. The molecule has 3 fully saturated rings. The predicted octanol–water partition coefficient (Wildman–Crippen LogP) is 0.596. The minimum Gasteiger partial charge on any atom is -0.373 e. The van der Waals surface area contributed by atoms with E-state index in [0.29, 0.717) is 12.2 Å². The molecule has 2 bridgehead atoms. The van der Waals surface area contributed by atoms with E-state index in [4.69, 9.17) is 4.74 Å². The van der Waals surface area contributed by atoms with Crippen molar-refractivity contribution in [2.45, 2.75) is 56.4 Å². The van der Waals surface area contributed by atoms with Gasteiger partial charge in [0.25, 0.3) is 0 Å². The zero-order chi connectivity index (χ0) is 10.3. The van der Waals surface area contributed by atoms with Crippen LogP contribution in [0.2, 0.25) is 0 Å². The Morgan fingerprint density at radius 1 is 1.31 bits per heavy atom. The van der Waals surface area contributed by atoms with Crippen molar-refractivity contribution in [1.29, 1.82) is 0 Å². The number of hydrogen-bond acceptors (Lipinski definition) is 3. The van der Waals surface area contributed by atoms with Crippen LogP contribution in [0, 0.1) is 0 Å². The van der Waals surface area contributed by atoms with Crippen molar-refractivity contribution in [2.24, 2.45) is 0 Å². The van der Waals surface area contributed by atoms with Crippen LogP contribution in [0.1, 0.15) is 32.1 Å². The monoisotopic (exact) mass is 246 g/mol. The van der Waals surface area contributed by atoms with E-state index in [1.165, 1.54) is 6.42 Å². The van der Waals surface area contributed by atoms with Crippen LogP contribution in [-0.4, -0.2) is 36.7 Å². The second kappa shape index (κ2) is 4.90. The molecule has 0 unspecified atom stereocenters. The Hall–Kier alpha value is -0.320. The van der Waals surface area contributed by atoms with Crippen molar-refractivity contribution in [3.8, 4) is 0 Å². The fourth-order valence-corrected chi connectivity index (χ4v) is 2.98. The number of carbonyl (C=O) groups is 1. The Balaban J connectivity index is 0.000000963. The molecule has 92 valence electrons. The number of amides is 1. The minimum absolute atomic E-state index is 0. The molecule has 4 atom stereocenters. The zero-order valence-electron chi connectivity index (χ0n) is 9.28. The van der Waals surface area contributed by atoms with Gasteiger partial charge in [0.1, 0.15) is 0 Å². The van der Waals surface area contributed by atoms with Gasteiger partial charge in [-0.05, 0) is 38.6 Å². The molecule has 0 saturated carbocycles. The molecule has 2 N–H and O–H groups in total. The van der Waals surface area contributed by atoms with E-state index in [2.05, 4.69) is 10.6 Å². The van der Waals surface area contributed by atoms with Gasteiger partial charge in [0, 0.05) is 0 Å². The molecule has 3 aliphatic rings. The Bertz CT molecular complexity index is 269. The van der Waals surface area contributed by atoms with Crippen LogP contribution in [-0.2, 0) is 9.53 Å². The first-order chi connectivity index (χ1) is 7.33. The van der Waals surface area contributed by atoms with E-state index >= 15 is 0 Å². The number of rotatable bonds is 2. The second-order valence-corrected chi connectivity index (χ2v) is 4.87. The van der Waals surface area contributed by atoms with Gasteiger partial charge in [0.2, 0.25) is 5.91 Å². The topological polar surface area (TPSA) is 50.4 Å². The van der Waals surface area contributed by atoms with Crippen molar-refractivity contribution in [3.05, 3.63) is 0 Å². The number of nitrogens with one attached hydrogen (secondary N) is 2. The maximum Gasteiger partial charge on any atom is 0.237 e. The molecule has 3 heterocycles. The Labute approximate surface area is 102 Å². The molecular weight excluding hydrogens is 228 g/mol. The van der Waals surface area contributed by atoms with Crippen LogP contribution in [0.4, 0.5) is 0 Å². The van der Waals surface area contributed by atoms with Crippen LogP contribution in [0.15, 0.2) is 0 Å². The van der Waals surface area contributed by atoms with Crippen LogP contribution in [0.5, 0.6) is 0 Å². The SMILES string of the molecule is Cl.O=C(N[C@@H]1C[C@H]2CC[C@@H]1O2)[C@@H]1CCCN1. The third-order valence-electron chi connectivity index (χ3n) is 3.81. The smallest absolute Gasteiger partial charge is 0.237 e. The summed E-state index contributed by atoms with van der Waals surface area (Å²) in [6, 6.07) is 0.322. The maximum absolute atomic E-state index is 11.8. The summed E-state index contributed by atoms with van der Waals surface area (Å²) in [5.74, 6) is 0.175. The highest BCUT2D eigenvalue weighted by atomic mass is 35.5. The lowest BCUT2D eigenvalue weighted by Crippen LogP contribution is -2.48. The number of halogens is 1. The van der Waals surface area contributed by atoms with E-state index in [9.17, 15) is 4.79 Å². The second-order valence-electron chi connectivity index (χ2n) is 4.87. The van der Waals surface area contributed by atoms with E-state index in [1.54, 1.807) is 0 Å². The highest BCUT2D eigenvalue weighted by Gasteiger charge is 2.42. The molecule has 0 spiro atoms. The van der Waals surface area contributed by atoms with Gasteiger partial charge in [-0.1, -0.05) is 0 Å². The lowest BCUT2D eigenvalue weighted by Gasteiger charge is -2.22. The molecule has 0 aliphatic carbocycles. The minimum atomic E-state index is 0. The average molecular weight is 247 g/mol. The normalized spacial score (nSPS) is 40.8. The third kappa shape index (κ3) is 2.19. The van der Waals surface area contributed by atoms with Gasteiger partial charge < -0.3 is 15.4 Å². The number of fused-ring (bicyclic) bond motifs is 2. The number of ether oxygens (including phenoxy) is 1. The van der Waals surface area contributed by atoms with E-state index in [-0.39, 0.29) is 30.4 Å². The first-order valence-electron chi connectivity index (χ1n) is 6.02. The summed E-state index contributed by atoms with van der Waals surface area (Å²) >= 11 is 0. The van der Waals surface area contributed by atoms with Gasteiger partial charge in [-0.3, -0.25) is 4.79 Å². The van der Waals surface area contributed by atoms with Gasteiger partial charge in [0.05, 0.1) is 24.3 Å². The average Bonchev–Trinajstić information content (AvgIpc) is 2.95. The maximum atomic E-state index is 11.8. The van der Waals surface area contributed by atoms with Gasteiger partial charge >= 0.3 is 0 Å². The lowest BCUT2D eigenvalue weighted by atomic mass is 9.95. The third-order valence-corrected chi connectivity index (χ3v) is 3.81. The molecule has 3 saturated heterocycles. The fraction of sp³-hybridized carbons (Fsp3) is 0.909. The Kier molecular flexibility index (Phi) is 3.72. The van der Waals surface area contributed by atoms with Crippen LogP contribution >= 0.6 is 12.4 Å².